The van der Waals surface area contributed by atoms with E-state index in [2.05, 4.69) is 46.8 Å². The van der Waals surface area contributed by atoms with Gasteiger partial charge in [0.15, 0.2) is 0 Å². The summed E-state index contributed by atoms with van der Waals surface area (Å²) in [5.74, 6) is 0.833. The van der Waals surface area contributed by atoms with Gasteiger partial charge < -0.3 is 0 Å². The van der Waals surface area contributed by atoms with E-state index in [1.54, 1.807) is 22.3 Å². The minimum atomic E-state index is 0.387. The maximum Gasteiger partial charge on any atom is -0.0111 e. The second-order valence-electron chi connectivity index (χ2n) is 7.59. The topological polar surface area (TPSA) is 0 Å². The molecule has 0 N–H and O–H groups in total. The first kappa shape index (κ1) is 15.6. The average molecular weight is 272 g/mol. The van der Waals surface area contributed by atoms with Crippen molar-refractivity contribution in [2.45, 2.75) is 79.6 Å². The van der Waals surface area contributed by atoms with Crippen molar-refractivity contribution in [3.63, 3.8) is 0 Å². The van der Waals surface area contributed by atoms with Gasteiger partial charge in [-0.2, -0.15) is 0 Å². The third kappa shape index (κ3) is 3.45. The molecule has 0 aliphatic heterocycles. The Balaban J connectivity index is 2.32. The lowest BCUT2D eigenvalue weighted by Gasteiger charge is -2.42. The van der Waals surface area contributed by atoms with Gasteiger partial charge in [-0.1, -0.05) is 48.3 Å². The molecular weight excluding hydrogens is 240 g/mol. The molecule has 0 aromatic rings. The molecule has 20 heavy (non-hydrogen) atoms. The third-order valence-electron chi connectivity index (χ3n) is 5.73. The highest BCUT2D eigenvalue weighted by Crippen LogP contribution is 2.48. The molecule has 0 radical (unpaired) electrons. The Bertz CT molecular complexity index is 443. The molecule has 2 aliphatic rings. The van der Waals surface area contributed by atoms with Gasteiger partial charge in [0.1, 0.15) is 0 Å². The highest BCUT2D eigenvalue weighted by Gasteiger charge is 2.36. The summed E-state index contributed by atoms with van der Waals surface area (Å²) in [6.45, 7) is 12.0. The fraction of sp³-hybridized carbons (Fsp3) is 0.700. The predicted molar refractivity (Wildman–Crippen MR) is 89.8 cm³/mol. The van der Waals surface area contributed by atoms with Gasteiger partial charge in [-0.25, -0.2) is 0 Å². The van der Waals surface area contributed by atoms with Gasteiger partial charge in [0.05, 0.1) is 0 Å². The Morgan fingerprint density at radius 2 is 1.60 bits per heavy atom. The normalized spacial score (nSPS) is 33.4. The summed E-state index contributed by atoms with van der Waals surface area (Å²) in [5.41, 5.74) is 6.98. The van der Waals surface area contributed by atoms with Crippen molar-refractivity contribution in [3.05, 3.63) is 34.4 Å². The maximum atomic E-state index is 2.52. The highest BCUT2D eigenvalue weighted by molar-refractivity contribution is 5.26. The van der Waals surface area contributed by atoms with E-state index in [4.69, 9.17) is 0 Å². The van der Waals surface area contributed by atoms with E-state index in [-0.39, 0.29) is 0 Å². The number of fused-ring (bicyclic) bond motifs is 2. The lowest BCUT2D eigenvalue weighted by molar-refractivity contribution is 0.223. The van der Waals surface area contributed by atoms with Crippen molar-refractivity contribution in [2.75, 3.05) is 0 Å². The molecule has 0 spiro atoms. The van der Waals surface area contributed by atoms with Crippen molar-refractivity contribution in [1.82, 2.24) is 0 Å². The molecule has 0 saturated heterocycles. The van der Waals surface area contributed by atoms with Gasteiger partial charge in [-0.05, 0) is 77.0 Å². The molecule has 112 valence electrons. The van der Waals surface area contributed by atoms with Crippen molar-refractivity contribution in [3.8, 4) is 0 Å². The van der Waals surface area contributed by atoms with Gasteiger partial charge in [0.25, 0.3) is 0 Å². The summed E-state index contributed by atoms with van der Waals surface area (Å²) in [5, 5.41) is 0. The maximum absolute atomic E-state index is 2.52. The van der Waals surface area contributed by atoms with Crippen LogP contribution in [0.5, 0.6) is 0 Å². The Morgan fingerprint density at radius 1 is 0.900 bits per heavy atom. The van der Waals surface area contributed by atoms with Crippen LogP contribution in [0.15, 0.2) is 34.4 Å². The van der Waals surface area contributed by atoms with Gasteiger partial charge in [-0.3, -0.25) is 0 Å². The highest BCUT2D eigenvalue weighted by atomic mass is 14.4. The second-order valence-corrected chi connectivity index (χ2v) is 7.59. The molecule has 1 unspecified atom stereocenters. The SMILES string of the molecule is CC1=C2CC/C(C)=C/CC/C(C)=C/CC(CC1)C2(C)C. The van der Waals surface area contributed by atoms with Gasteiger partial charge >= 0.3 is 0 Å². The molecule has 1 atom stereocenters. The predicted octanol–water partition coefficient (Wildman–Crippen LogP) is 6.60. The summed E-state index contributed by atoms with van der Waals surface area (Å²) in [4.78, 5) is 0. The average Bonchev–Trinajstić information content (AvgIpc) is 2.36. The van der Waals surface area contributed by atoms with Crippen LogP contribution in [0, 0.1) is 11.3 Å². The van der Waals surface area contributed by atoms with Gasteiger partial charge in [0, 0.05) is 0 Å². The third-order valence-corrected chi connectivity index (χ3v) is 5.73. The Morgan fingerprint density at radius 3 is 2.35 bits per heavy atom. The zero-order valence-corrected chi connectivity index (χ0v) is 14.2. The first-order valence-electron chi connectivity index (χ1n) is 8.41. The fourth-order valence-corrected chi connectivity index (χ4v) is 4.06. The van der Waals surface area contributed by atoms with Crippen LogP contribution < -0.4 is 0 Å². The Kier molecular flexibility index (Phi) is 4.94. The molecule has 0 aromatic heterocycles. The zero-order valence-electron chi connectivity index (χ0n) is 14.2. The lowest BCUT2D eigenvalue weighted by Crippen LogP contribution is -2.30. The van der Waals surface area contributed by atoms with Crippen molar-refractivity contribution in [2.24, 2.45) is 11.3 Å². The number of hydrogen-bond donors (Lipinski definition) is 0. The van der Waals surface area contributed by atoms with Crippen LogP contribution in [-0.4, -0.2) is 0 Å². The van der Waals surface area contributed by atoms with E-state index in [1.165, 1.54) is 44.9 Å². The molecule has 2 rings (SSSR count). The minimum Gasteiger partial charge on any atom is -0.0853 e. The first-order valence-corrected chi connectivity index (χ1v) is 8.41. The Hall–Kier alpha value is -0.780. The molecule has 0 amide bonds. The van der Waals surface area contributed by atoms with Crippen molar-refractivity contribution in [1.29, 1.82) is 0 Å². The zero-order chi connectivity index (χ0) is 14.8. The smallest absolute Gasteiger partial charge is 0.0111 e. The largest absolute Gasteiger partial charge is 0.0853 e. The lowest BCUT2D eigenvalue weighted by atomic mass is 9.63. The molecule has 0 nitrogen and oxygen atoms in total. The minimum absolute atomic E-state index is 0.387. The molecule has 0 fully saturated rings. The molecule has 2 bridgehead atoms. The van der Waals surface area contributed by atoms with Crippen LogP contribution in [0.25, 0.3) is 0 Å². The molecule has 0 aromatic carbocycles. The molecule has 0 heterocycles. The number of hydrogen-bond acceptors (Lipinski definition) is 0. The van der Waals surface area contributed by atoms with Crippen LogP contribution >= 0.6 is 0 Å². The summed E-state index contributed by atoms with van der Waals surface area (Å²) in [6, 6.07) is 0. The molecule has 2 aliphatic carbocycles. The first-order chi connectivity index (χ1) is 9.41. The molecule has 0 saturated carbocycles. The number of allylic oxidation sites excluding steroid dienone is 6. The van der Waals surface area contributed by atoms with E-state index in [1.807, 2.05) is 0 Å². The van der Waals surface area contributed by atoms with E-state index >= 15 is 0 Å². The van der Waals surface area contributed by atoms with Crippen LogP contribution in [0.2, 0.25) is 0 Å². The Labute approximate surface area is 126 Å². The van der Waals surface area contributed by atoms with Crippen molar-refractivity contribution < 1.29 is 0 Å². The van der Waals surface area contributed by atoms with Gasteiger partial charge in [-0.15, -0.1) is 0 Å². The summed E-state index contributed by atoms with van der Waals surface area (Å²) >= 11 is 0. The van der Waals surface area contributed by atoms with E-state index in [0.717, 1.165) is 5.92 Å². The van der Waals surface area contributed by atoms with E-state index in [9.17, 15) is 0 Å². The summed E-state index contributed by atoms with van der Waals surface area (Å²) in [7, 11) is 0. The summed E-state index contributed by atoms with van der Waals surface area (Å²) in [6.07, 6.45) is 14.0. The van der Waals surface area contributed by atoms with Crippen molar-refractivity contribution >= 4 is 0 Å². The molecule has 0 heteroatoms. The standard InChI is InChI=1S/C20H32/c1-15-7-6-8-16(2)10-14-19-17(3)11-13-18(12-9-15)20(19,4)5/h8-9,18H,6-7,10-14H2,1-5H3/b15-9+,16-8+. The quantitative estimate of drug-likeness (QED) is 0.436. The van der Waals surface area contributed by atoms with E-state index in [0.29, 0.717) is 5.41 Å². The monoisotopic (exact) mass is 272 g/mol. The molecular formula is C20H32. The van der Waals surface area contributed by atoms with Crippen LogP contribution in [0.3, 0.4) is 0 Å². The van der Waals surface area contributed by atoms with Crippen LogP contribution in [0.1, 0.15) is 79.6 Å². The van der Waals surface area contributed by atoms with Gasteiger partial charge in [0.2, 0.25) is 0 Å². The number of rotatable bonds is 0. The second kappa shape index (κ2) is 6.33. The van der Waals surface area contributed by atoms with E-state index < -0.39 is 0 Å². The van der Waals surface area contributed by atoms with Crippen LogP contribution in [0.4, 0.5) is 0 Å². The summed E-state index contributed by atoms with van der Waals surface area (Å²) < 4.78 is 0. The fourth-order valence-electron chi connectivity index (χ4n) is 4.06. The van der Waals surface area contributed by atoms with Crippen LogP contribution in [-0.2, 0) is 0 Å².